The Morgan fingerprint density at radius 3 is 2.57 bits per heavy atom. The second-order valence-electron chi connectivity index (χ2n) is 5.81. The van der Waals surface area contributed by atoms with Crippen LogP contribution in [0.3, 0.4) is 0 Å². The fourth-order valence-electron chi connectivity index (χ4n) is 3.01. The number of methoxy groups -OCH3 is 3. The van der Waals surface area contributed by atoms with Gasteiger partial charge in [-0.25, -0.2) is 0 Å². The Hall–Kier alpha value is -1.95. The Morgan fingerprint density at radius 2 is 1.96 bits per heavy atom. The van der Waals surface area contributed by atoms with Crippen LogP contribution in [0, 0.1) is 5.92 Å². The molecule has 23 heavy (non-hydrogen) atoms. The van der Waals surface area contributed by atoms with Gasteiger partial charge in [0.25, 0.3) is 0 Å². The first-order valence-electron chi connectivity index (χ1n) is 7.84. The van der Waals surface area contributed by atoms with Crippen LogP contribution in [0.1, 0.15) is 18.4 Å². The third-order valence-corrected chi connectivity index (χ3v) is 4.23. The van der Waals surface area contributed by atoms with E-state index in [2.05, 4.69) is 17.3 Å². The Labute approximate surface area is 137 Å². The largest absolute Gasteiger partial charge is 0.493 e. The monoisotopic (exact) mass is 322 g/mol. The molecule has 1 aliphatic heterocycles. The van der Waals surface area contributed by atoms with E-state index in [0.29, 0.717) is 23.8 Å². The number of hydrogen-bond acceptors (Lipinski definition) is 5. The second-order valence-corrected chi connectivity index (χ2v) is 5.81. The summed E-state index contributed by atoms with van der Waals surface area (Å²) in [4.78, 5) is 14.6. The number of hydrogen-bond donors (Lipinski definition) is 1. The summed E-state index contributed by atoms with van der Waals surface area (Å²) in [6.45, 7) is 2.28. The van der Waals surface area contributed by atoms with Gasteiger partial charge in [0.05, 0.1) is 27.2 Å². The predicted molar refractivity (Wildman–Crippen MR) is 88.2 cm³/mol. The van der Waals surface area contributed by atoms with Crippen LogP contribution in [-0.4, -0.2) is 52.3 Å². The first kappa shape index (κ1) is 17.4. The van der Waals surface area contributed by atoms with Gasteiger partial charge in [-0.2, -0.15) is 0 Å². The molecule has 128 valence electrons. The molecule has 0 unspecified atom stereocenters. The Balaban J connectivity index is 2.06. The normalized spacial score (nSPS) is 18.3. The van der Waals surface area contributed by atoms with E-state index in [1.807, 2.05) is 12.1 Å². The van der Waals surface area contributed by atoms with Crippen molar-refractivity contribution in [3.63, 3.8) is 0 Å². The quantitative estimate of drug-likeness (QED) is 0.863. The molecule has 0 saturated carbocycles. The third-order valence-electron chi connectivity index (χ3n) is 4.23. The highest BCUT2D eigenvalue weighted by atomic mass is 16.5. The van der Waals surface area contributed by atoms with Crippen molar-refractivity contribution in [2.75, 3.05) is 41.5 Å². The van der Waals surface area contributed by atoms with Crippen LogP contribution >= 0.6 is 0 Å². The van der Waals surface area contributed by atoms with E-state index in [4.69, 9.17) is 14.2 Å². The van der Waals surface area contributed by atoms with Crippen LogP contribution in [0.4, 0.5) is 0 Å². The lowest BCUT2D eigenvalue weighted by Crippen LogP contribution is -2.41. The zero-order valence-corrected chi connectivity index (χ0v) is 14.3. The van der Waals surface area contributed by atoms with Gasteiger partial charge in [0, 0.05) is 18.7 Å². The summed E-state index contributed by atoms with van der Waals surface area (Å²) in [7, 11) is 6.79. The molecule has 6 heteroatoms. The maximum absolute atomic E-state index is 12.4. The van der Waals surface area contributed by atoms with Crippen LogP contribution < -0.4 is 19.5 Å². The lowest BCUT2D eigenvalue weighted by molar-refractivity contribution is -0.126. The number of rotatable bonds is 6. The Morgan fingerprint density at radius 1 is 1.22 bits per heavy atom. The smallest absolute Gasteiger partial charge is 0.224 e. The first-order valence-corrected chi connectivity index (χ1v) is 7.84. The van der Waals surface area contributed by atoms with Gasteiger partial charge < -0.3 is 24.4 Å². The van der Waals surface area contributed by atoms with Crippen molar-refractivity contribution in [2.24, 2.45) is 5.92 Å². The van der Waals surface area contributed by atoms with Crippen molar-refractivity contribution in [2.45, 2.75) is 19.4 Å². The van der Waals surface area contributed by atoms with Gasteiger partial charge in [-0.1, -0.05) is 0 Å². The van der Waals surface area contributed by atoms with E-state index >= 15 is 0 Å². The molecule has 1 N–H and O–H groups in total. The molecule has 1 aliphatic rings. The zero-order valence-electron chi connectivity index (χ0n) is 14.3. The molecular formula is C17H26N2O4. The van der Waals surface area contributed by atoms with Crippen LogP contribution in [0.2, 0.25) is 0 Å². The molecule has 6 nitrogen and oxygen atoms in total. The van der Waals surface area contributed by atoms with Gasteiger partial charge in [0.1, 0.15) is 0 Å². The maximum Gasteiger partial charge on any atom is 0.224 e. The SMILES string of the molecule is COc1ccc(CNC(=O)[C@@H]2CCCN(C)C2)c(OC)c1OC. The van der Waals surface area contributed by atoms with Gasteiger partial charge in [-0.05, 0) is 38.6 Å². The highest BCUT2D eigenvalue weighted by Crippen LogP contribution is 2.39. The number of likely N-dealkylation sites (tertiary alicyclic amines) is 1. The van der Waals surface area contributed by atoms with Gasteiger partial charge in [0.15, 0.2) is 11.5 Å². The van der Waals surface area contributed by atoms with Crippen molar-refractivity contribution in [1.82, 2.24) is 10.2 Å². The molecule has 1 atom stereocenters. The van der Waals surface area contributed by atoms with E-state index in [1.165, 1.54) is 0 Å². The third kappa shape index (κ3) is 4.07. The van der Waals surface area contributed by atoms with Gasteiger partial charge >= 0.3 is 0 Å². The molecule has 1 aromatic rings. The Kier molecular flexibility index (Phi) is 6.10. The minimum Gasteiger partial charge on any atom is -0.493 e. The van der Waals surface area contributed by atoms with Gasteiger partial charge in [-0.15, -0.1) is 0 Å². The van der Waals surface area contributed by atoms with Crippen LogP contribution in [-0.2, 0) is 11.3 Å². The second kappa shape index (κ2) is 8.06. The molecule has 0 spiro atoms. The Bertz CT molecular complexity index is 548. The molecule has 1 saturated heterocycles. The van der Waals surface area contributed by atoms with Crippen molar-refractivity contribution in [3.05, 3.63) is 17.7 Å². The topological polar surface area (TPSA) is 60.0 Å². The minimum absolute atomic E-state index is 0.0555. The van der Waals surface area contributed by atoms with E-state index < -0.39 is 0 Å². The maximum atomic E-state index is 12.4. The number of ether oxygens (including phenoxy) is 3. The predicted octanol–water partition coefficient (Wildman–Crippen LogP) is 1.67. The molecule has 1 amide bonds. The summed E-state index contributed by atoms with van der Waals surface area (Å²) in [5, 5.41) is 3.01. The van der Waals surface area contributed by atoms with Crippen LogP contribution in [0.15, 0.2) is 12.1 Å². The van der Waals surface area contributed by atoms with Crippen molar-refractivity contribution < 1.29 is 19.0 Å². The van der Waals surface area contributed by atoms with E-state index in [1.54, 1.807) is 21.3 Å². The molecule has 0 aromatic heterocycles. The molecule has 1 aromatic carbocycles. The van der Waals surface area contributed by atoms with E-state index in [0.717, 1.165) is 31.5 Å². The molecular weight excluding hydrogens is 296 g/mol. The molecule has 2 rings (SSSR count). The molecule has 0 radical (unpaired) electrons. The number of amides is 1. The van der Waals surface area contributed by atoms with E-state index in [-0.39, 0.29) is 11.8 Å². The van der Waals surface area contributed by atoms with Crippen LogP contribution in [0.5, 0.6) is 17.2 Å². The zero-order chi connectivity index (χ0) is 16.8. The van der Waals surface area contributed by atoms with Gasteiger partial charge in [0.2, 0.25) is 11.7 Å². The fourth-order valence-corrected chi connectivity index (χ4v) is 3.01. The average Bonchev–Trinajstić information content (AvgIpc) is 2.58. The van der Waals surface area contributed by atoms with Crippen molar-refractivity contribution in [3.8, 4) is 17.2 Å². The van der Waals surface area contributed by atoms with E-state index in [9.17, 15) is 4.79 Å². The molecule has 1 heterocycles. The highest BCUT2D eigenvalue weighted by Gasteiger charge is 2.24. The lowest BCUT2D eigenvalue weighted by Gasteiger charge is -2.28. The summed E-state index contributed by atoms with van der Waals surface area (Å²) in [5.74, 6) is 1.88. The number of nitrogens with one attached hydrogen (secondary N) is 1. The van der Waals surface area contributed by atoms with Crippen molar-refractivity contribution in [1.29, 1.82) is 0 Å². The minimum atomic E-state index is 0.0555. The van der Waals surface area contributed by atoms with Gasteiger partial charge in [-0.3, -0.25) is 4.79 Å². The summed E-state index contributed by atoms with van der Waals surface area (Å²) in [6, 6.07) is 3.70. The number of benzene rings is 1. The molecule has 1 fully saturated rings. The lowest BCUT2D eigenvalue weighted by atomic mass is 9.97. The van der Waals surface area contributed by atoms with Crippen LogP contribution in [0.25, 0.3) is 0 Å². The summed E-state index contributed by atoms with van der Waals surface area (Å²) in [6.07, 6.45) is 2.01. The number of carbonyl (C=O) groups excluding carboxylic acids is 1. The molecule has 0 aliphatic carbocycles. The first-order chi connectivity index (χ1) is 11.1. The highest BCUT2D eigenvalue weighted by molar-refractivity contribution is 5.79. The number of piperidine rings is 1. The number of carbonyl (C=O) groups is 1. The van der Waals surface area contributed by atoms with Crippen molar-refractivity contribution >= 4 is 5.91 Å². The number of nitrogens with zero attached hydrogens (tertiary/aromatic N) is 1. The summed E-state index contributed by atoms with van der Waals surface area (Å²) in [5.41, 5.74) is 0.864. The average molecular weight is 322 g/mol. The summed E-state index contributed by atoms with van der Waals surface area (Å²) < 4.78 is 16.1. The standard InChI is InChI=1S/C17H26N2O4/c1-19-9-5-6-13(11-19)17(20)18-10-12-7-8-14(21-2)16(23-4)15(12)22-3/h7-8,13H,5-6,9-11H2,1-4H3,(H,18,20)/t13-/m1/s1. The fraction of sp³-hybridized carbons (Fsp3) is 0.588. The summed E-state index contributed by atoms with van der Waals surface area (Å²) >= 11 is 0. The molecule has 0 bridgehead atoms.